The predicted octanol–water partition coefficient (Wildman–Crippen LogP) is 4.20. The van der Waals surface area contributed by atoms with Gasteiger partial charge in [0.1, 0.15) is 0 Å². The lowest BCUT2D eigenvalue weighted by molar-refractivity contribution is -0.137. The second-order valence-corrected chi connectivity index (χ2v) is 7.85. The Morgan fingerprint density at radius 3 is 2.38 bits per heavy atom. The first kappa shape index (κ1) is 17.0. The lowest BCUT2D eigenvalue weighted by Crippen LogP contribution is -2.43. The van der Waals surface area contributed by atoms with E-state index in [2.05, 4.69) is 6.92 Å². The molecule has 1 heterocycles. The Morgan fingerprint density at radius 1 is 1.19 bits per heavy atom. The summed E-state index contributed by atoms with van der Waals surface area (Å²) in [5.74, 6) is 2.26. The maximum Gasteiger partial charge on any atom is 0.416 e. The molecule has 1 aromatic rings. The lowest BCUT2D eigenvalue weighted by Gasteiger charge is -2.34. The van der Waals surface area contributed by atoms with Gasteiger partial charge in [0.15, 0.2) is 0 Å². The van der Waals surface area contributed by atoms with E-state index in [1.807, 2.05) is 23.5 Å². The monoisotopic (exact) mass is 335 g/mol. The molecule has 0 amide bonds. The molecule has 1 saturated heterocycles. The van der Waals surface area contributed by atoms with E-state index in [1.165, 1.54) is 0 Å². The number of benzene rings is 1. The van der Waals surface area contributed by atoms with Crippen molar-refractivity contribution < 1.29 is 13.2 Å². The van der Waals surface area contributed by atoms with E-state index >= 15 is 0 Å². The SMILES string of the molecule is CCC1SCCSC1C(N)Cc1ccc(C(F)(F)F)cc1. The number of rotatable bonds is 4. The van der Waals surface area contributed by atoms with Gasteiger partial charge >= 0.3 is 6.18 Å². The van der Waals surface area contributed by atoms with Crippen molar-refractivity contribution in [3.8, 4) is 0 Å². The van der Waals surface area contributed by atoms with Gasteiger partial charge in [-0.3, -0.25) is 0 Å². The maximum absolute atomic E-state index is 12.5. The highest BCUT2D eigenvalue weighted by Gasteiger charge is 2.31. The van der Waals surface area contributed by atoms with Crippen LogP contribution in [0.2, 0.25) is 0 Å². The summed E-state index contributed by atoms with van der Waals surface area (Å²) in [6, 6.07) is 5.36. The molecule has 118 valence electrons. The maximum atomic E-state index is 12.5. The molecule has 0 aliphatic carbocycles. The van der Waals surface area contributed by atoms with Crippen molar-refractivity contribution in [2.75, 3.05) is 11.5 Å². The Balaban J connectivity index is 2.00. The average Bonchev–Trinajstić information content (AvgIpc) is 2.46. The van der Waals surface area contributed by atoms with E-state index in [0.29, 0.717) is 16.9 Å². The van der Waals surface area contributed by atoms with E-state index in [-0.39, 0.29) is 6.04 Å². The minimum atomic E-state index is -4.27. The van der Waals surface area contributed by atoms with Gasteiger partial charge in [0.25, 0.3) is 0 Å². The molecule has 1 aliphatic heterocycles. The third-order valence-electron chi connectivity index (χ3n) is 3.67. The van der Waals surface area contributed by atoms with Gasteiger partial charge in [-0.1, -0.05) is 19.1 Å². The minimum absolute atomic E-state index is 0.00973. The number of nitrogens with two attached hydrogens (primary N) is 1. The Labute approximate surface area is 132 Å². The van der Waals surface area contributed by atoms with Gasteiger partial charge in [0, 0.05) is 28.0 Å². The van der Waals surface area contributed by atoms with Crippen molar-refractivity contribution in [1.82, 2.24) is 0 Å². The van der Waals surface area contributed by atoms with E-state index < -0.39 is 11.7 Å². The molecule has 2 rings (SSSR count). The van der Waals surface area contributed by atoms with Crippen LogP contribution in [0.15, 0.2) is 24.3 Å². The molecule has 0 spiro atoms. The summed E-state index contributed by atoms with van der Waals surface area (Å²) in [5, 5.41) is 0.934. The molecular weight excluding hydrogens is 315 g/mol. The molecule has 3 unspecified atom stereocenters. The average molecular weight is 335 g/mol. The molecule has 0 radical (unpaired) electrons. The van der Waals surface area contributed by atoms with E-state index in [0.717, 1.165) is 35.6 Å². The van der Waals surface area contributed by atoms with Gasteiger partial charge in [-0.2, -0.15) is 36.7 Å². The van der Waals surface area contributed by atoms with Crippen LogP contribution < -0.4 is 5.73 Å². The Morgan fingerprint density at radius 2 is 1.81 bits per heavy atom. The Bertz CT molecular complexity index is 447. The van der Waals surface area contributed by atoms with Crippen molar-refractivity contribution in [3.05, 3.63) is 35.4 Å². The van der Waals surface area contributed by atoms with Gasteiger partial charge < -0.3 is 5.73 Å². The molecule has 2 N–H and O–H groups in total. The Hall–Kier alpha value is -0.330. The van der Waals surface area contributed by atoms with Crippen molar-refractivity contribution >= 4 is 23.5 Å². The van der Waals surface area contributed by atoms with E-state index in [9.17, 15) is 13.2 Å². The number of hydrogen-bond donors (Lipinski definition) is 1. The first-order valence-corrected chi connectivity index (χ1v) is 9.16. The fraction of sp³-hybridized carbons (Fsp3) is 0.600. The van der Waals surface area contributed by atoms with Gasteiger partial charge in [-0.25, -0.2) is 0 Å². The molecule has 0 bridgehead atoms. The number of alkyl halides is 3. The first-order chi connectivity index (χ1) is 9.91. The molecule has 6 heteroatoms. The fourth-order valence-electron chi connectivity index (χ4n) is 2.55. The van der Waals surface area contributed by atoms with Gasteiger partial charge in [-0.05, 0) is 30.5 Å². The van der Waals surface area contributed by atoms with Crippen LogP contribution in [-0.4, -0.2) is 28.0 Å². The zero-order chi connectivity index (χ0) is 15.5. The summed E-state index contributed by atoms with van der Waals surface area (Å²) in [5.41, 5.74) is 6.59. The molecule has 1 aliphatic rings. The first-order valence-electron chi connectivity index (χ1n) is 7.06. The number of halogens is 3. The van der Waals surface area contributed by atoms with Crippen LogP contribution in [0.5, 0.6) is 0 Å². The largest absolute Gasteiger partial charge is 0.416 e. The molecule has 21 heavy (non-hydrogen) atoms. The summed E-state index contributed by atoms with van der Waals surface area (Å²) >= 11 is 3.87. The van der Waals surface area contributed by atoms with Crippen molar-refractivity contribution in [2.24, 2.45) is 5.73 Å². The van der Waals surface area contributed by atoms with Crippen LogP contribution in [0.25, 0.3) is 0 Å². The number of thioether (sulfide) groups is 2. The highest BCUT2D eigenvalue weighted by atomic mass is 32.2. The zero-order valence-electron chi connectivity index (χ0n) is 11.9. The van der Waals surface area contributed by atoms with Crippen LogP contribution in [0.1, 0.15) is 24.5 Å². The van der Waals surface area contributed by atoms with E-state index in [1.54, 1.807) is 12.1 Å². The minimum Gasteiger partial charge on any atom is -0.326 e. The lowest BCUT2D eigenvalue weighted by atomic mass is 10.00. The summed E-state index contributed by atoms with van der Waals surface area (Å²) in [6.07, 6.45) is -2.56. The summed E-state index contributed by atoms with van der Waals surface area (Å²) in [4.78, 5) is 0. The zero-order valence-corrected chi connectivity index (χ0v) is 13.5. The van der Waals surface area contributed by atoms with Gasteiger partial charge in [0.05, 0.1) is 5.56 Å². The second kappa shape index (κ2) is 7.29. The van der Waals surface area contributed by atoms with Crippen LogP contribution >= 0.6 is 23.5 Å². The summed E-state index contributed by atoms with van der Waals surface area (Å²) < 4.78 is 37.6. The summed E-state index contributed by atoms with van der Waals surface area (Å²) in [7, 11) is 0. The number of hydrogen-bond acceptors (Lipinski definition) is 3. The van der Waals surface area contributed by atoms with Crippen LogP contribution in [0.4, 0.5) is 13.2 Å². The van der Waals surface area contributed by atoms with E-state index in [4.69, 9.17) is 5.73 Å². The van der Waals surface area contributed by atoms with Crippen molar-refractivity contribution in [2.45, 2.75) is 42.5 Å². The highest BCUT2D eigenvalue weighted by molar-refractivity contribution is 8.07. The summed E-state index contributed by atoms with van der Waals surface area (Å²) in [6.45, 7) is 2.17. The topological polar surface area (TPSA) is 26.0 Å². The molecule has 0 aromatic heterocycles. The van der Waals surface area contributed by atoms with Crippen molar-refractivity contribution in [1.29, 1.82) is 0 Å². The highest BCUT2D eigenvalue weighted by Crippen LogP contribution is 2.35. The van der Waals surface area contributed by atoms with Crippen molar-refractivity contribution in [3.63, 3.8) is 0 Å². The molecular formula is C15H20F3NS2. The Kier molecular flexibility index (Phi) is 5.91. The van der Waals surface area contributed by atoms with Crippen LogP contribution in [0, 0.1) is 0 Å². The smallest absolute Gasteiger partial charge is 0.326 e. The third kappa shape index (κ3) is 4.57. The quantitative estimate of drug-likeness (QED) is 0.893. The van der Waals surface area contributed by atoms with Gasteiger partial charge in [-0.15, -0.1) is 0 Å². The van der Waals surface area contributed by atoms with Crippen LogP contribution in [-0.2, 0) is 12.6 Å². The molecule has 1 aromatic carbocycles. The molecule has 1 nitrogen and oxygen atoms in total. The predicted molar refractivity (Wildman–Crippen MR) is 85.9 cm³/mol. The standard InChI is InChI=1S/C15H20F3NS2/c1-2-13-14(21-8-7-20-13)12(19)9-10-3-5-11(6-4-10)15(16,17)18/h3-6,12-14H,2,7-9,19H2,1H3. The van der Waals surface area contributed by atoms with Crippen LogP contribution in [0.3, 0.4) is 0 Å². The fourth-order valence-corrected chi connectivity index (χ4v) is 5.75. The third-order valence-corrected chi connectivity index (χ3v) is 7.10. The molecule has 3 atom stereocenters. The molecule has 0 saturated carbocycles. The second-order valence-electron chi connectivity index (χ2n) is 5.22. The normalized spacial score (nSPS) is 24.8. The van der Waals surface area contributed by atoms with Gasteiger partial charge in [0.2, 0.25) is 0 Å². The molecule has 1 fully saturated rings.